The minimum Gasteiger partial charge on any atom is -0.357 e. The van der Waals surface area contributed by atoms with Crippen LogP contribution in [0.15, 0.2) is 84.9 Å². The predicted octanol–water partition coefficient (Wildman–Crippen LogP) is 3.49. The van der Waals surface area contributed by atoms with Gasteiger partial charge in [0.05, 0.1) is 11.9 Å². The molecule has 0 saturated carbocycles. The first-order valence-electron chi connectivity index (χ1n) is 11.0. The fourth-order valence-corrected chi connectivity index (χ4v) is 4.82. The first-order valence-corrected chi connectivity index (χ1v) is 13.2. The molecule has 9 heteroatoms. The van der Waals surface area contributed by atoms with Gasteiger partial charge in [-0.3, -0.25) is 13.9 Å². The molecule has 0 aliphatic heterocycles. The van der Waals surface area contributed by atoms with Crippen LogP contribution in [0.25, 0.3) is 0 Å². The lowest BCUT2D eigenvalue weighted by molar-refractivity contribution is -0.139. The maximum atomic E-state index is 13.7. The summed E-state index contributed by atoms with van der Waals surface area (Å²) in [5.41, 5.74) is 1.96. The van der Waals surface area contributed by atoms with E-state index in [4.69, 9.17) is 11.6 Å². The number of hydrogen-bond donors (Lipinski definition) is 1. The third-order valence-corrected chi connectivity index (χ3v) is 6.86. The largest absolute Gasteiger partial charge is 0.357 e. The molecule has 0 aromatic heterocycles. The quantitative estimate of drug-likeness (QED) is 0.449. The Labute approximate surface area is 211 Å². The van der Waals surface area contributed by atoms with E-state index in [1.165, 1.54) is 11.9 Å². The summed E-state index contributed by atoms with van der Waals surface area (Å²) in [4.78, 5) is 28.1. The summed E-state index contributed by atoms with van der Waals surface area (Å²) in [5.74, 6) is -0.862. The summed E-state index contributed by atoms with van der Waals surface area (Å²) in [6.07, 6.45) is 1.31. The zero-order chi connectivity index (χ0) is 25.4. The first-order chi connectivity index (χ1) is 16.7. The van der Waals surface area contributed by atoms with E-state index in [9.17, 15) is 18.0 Å². The SMILES string of the molecule is CNC(=O)[C@H](Cc1ccccc1)N(Cc1cccc(Cl)c1)C(=O)CN(c1ccccc1)S(C)(=O)=O. The van der Waals surface area contributed by atoms with Crippen LogP contribution >= 0.6 is 11.6 Å². The highest BCUT2D eigenvalue weighted by atomic mass is 35.5. The van der Waals surface area contributed by atoms with Crippen LogP contribution in [0.3, 0.4) is 0 Å². The second-order valence-electron chi connectivity index (χ2n) is 8.08. The van der Waals surface area contributed by atoms with Crippen molar-refractivity contribution in [1.29, 1.82) is 0 Å². The van der Waals surface area contributed by atoms with Crippen molar-refractivity contribution in [2.45, 2.75) is 19.0 Å². The molecule has 7 nitrogen and oxygen atoms in total. The van der Waals surface area contributed by atoms with E-state index in [1.807, 2.05) is 30.3 Å². The van der Waals surface area contributed by atoms with Gasteiger partial charge in [0.15, 0.2) is 0 Å². The number of rotatable bonds is 10. The summed E-state index contributed by atoms with van der Waals surface area (Å²) < 4.78 is 26.3. The second kappa shape index (κ2) is 11.9. The van der Waals surface area contributed by atoms with Crippen molar-refractivity contribution in [1.82, 2.24) is 10.2 Å². The van der Waals surface area contributed by atoms with Crippen LogP contribution in [-0.2, 0) is 32.6 Å². The number of hydrogen-bond acceptors (Lipinski definition) is 4. The minimum absolute atomic E-state index is 0.0801. The molecule has 1 N–H and O–H groups in total. The molecule has 0 aliphatic rings. The Balaban J connectivity index is 2.01. The maximum Gasteiger partial charge on any atom is 0.244 e. The summed E-state index contributed by atoms with van der Waals surface area (Å²) in [6, 6.07) is 23.9. The van der Waals surface area contributed by atoms with Crippen LogP contribution in [0.1, 0.15) is 11.1 Å². The molecule has 0 saturated heterocycles. The number of carbonyl (C=O) groups is 2. The summed E-state index contributed by atoms with van der Waals surface area (Å²) in [5, 5.41) is 3.14. The van der Waals surface area contributed by atoms with Gasteiger partial charge in [-0.1, -0.05) is 72.3 Å². The van der Waals surface area contributed by atoms with E-state index in [0.717, 1.165) is 21.7 Å². The van der Waals surface area contributed by atoms with Crippen molar-refractivity contribution in [2.75, 3.05) is 24.2 Å². The van der Waals surface area contributed by atoms with E-state index in [0.29, 0.717) is 10.7 Å². The highest BCUT2D eigenvalue weighted by Gasteiger charge is 2.32. The average molecular weight is 514 g/mol. The number of halogens is 1. The van der Waals surface area contributed by atoms with E-state index < -0.39 is 28.5 Å². The van der Waals surface area contributed by atoms with E-state index in [1.54, 1.807) is 54.6 Å². The highest BCUT2D eigenvalue weighted by molar-refractivity contribution is 7.92. The first kappa shape index (κ1) is 26.2. The lowest BCUT2D eigenvalue weighted by Gasteiger charge is -2.33. The lowest BCUT2D eigenvalue weighted by atomic mass is 10.0. The Morgan fingerprint density at radius 2 is 1.51 bits per heavy atom. The number of amides is 2. The van der Waals surface area contributed by atoms with E-state index >= 15 is 0 Å². The van der Waals surface area contributed by atoms with Gasteiger partial charge in [0, 0.05) is 25.0 Å². The highest BCUT2D eigenvalue weighted by Crippen LogP contribution is 2.21. The van der Waals surface area contributed by atoms with Gasteiger partial charge in [0.2, 0.25) is 21.8 Å². The molecule has 3 aromatic carbocycles. The van der Waals surface area contributed by atoms with Crippen LogP contribution < -0.4 is 9.62 Å². The average Bonchev–Trinajstić information content (AvgIpc) is 2.84. The fourth-order valence-electron chi connectivity index (χ4n) is 3.76. The van der Waals surface area contributed by atoms with Gasteiger partial charge in [-0.2, -0.15) is 0 Å². The van der Waals surface area contributed by atoms with Crippen molar-refractivity contribution in [2.24, 2.45) is 0 Å². The molecule has 0 spiro atoms. The Morgan fingerprint density at radius 1 is 0.914 bits per heavy atom. The number of sulfonamides is 1. The molecule has 0 bridgehead atoms. The Kier molecular flexibility index (Phi) is 8.89. The van der Waals surface area contributed by atoms with Gasteiger partial charge in [-0.05, 0) is 35.4 Å². The van der Waals surface area contributed by atoms with Crippen molar-refractivity contribution >= 4 is 39.1 Å². The van der Waals surface area contributed by atoms with Gasteiger partial charge < -0.3 is 10.2 Å². The summed E-state index contributed by atoms with van der Waals surface area (Å²) in [7, 11) is -2.26. The number of nitrogens with zero attached hydrogens (tertiary/aromatic N) is 2. The number of likely N-dealkylation sites (N-methyl/N-ethyl adjacent to an activating group) is 1. The molecule has 2 amide bonds. The standard InChI is InChI=1S/C26H28ClN3O4S/c1-28-26(32)24(17-20-10-5-3-6-11-20)29(18-21-12-9-13-22(27)16-21)25(31)19-30(35(2,33)34)23-14-7-4-8-15-23/h3-16,24H,17-19H2,1-2H3,(H,28,32)/t24-/m0/s1. The van der Waals surface area contributed by atoms with Crippen LogP contribution in [0.2, 0.25) is 5.02 Å². The predicted molar refractivity (Wildman–Crippen MR) is 139 cm³/mol. The molecule has 0 aliphatic carbocycles. The molecule has 0 heterocycles. The number of para-hydroxylation sites is 1. The topological polar surface area (TPSA) is 86.8 Å². The summed E-state index contributed by atoms with van der Waals surface area (Å²) >= 11 is 6.16. The normalized spacial score (nSPS) is 12.0. The molecule has 3 rings (SSSR count). The Bertz CT molecular complexity index is 1250. The summed E-state index contributed by atoms with van der Waals surface area (Å²) in [6.45, 7) is -0.373. The third kappa shape index (κ3) is 7.31. The van der Waals surface area contributed by atoms with Gasteiger partial charge >= 0.3 is 0 Å². The van der Waals surface area contributed by atoms with E-state index in [2.05, 4.69) is 5.32 Å². The third-order valence-electron chi connectivity index (χ3n) is 5.48. The molecular formula is C26H28ClN3O4S. The van der Waals surface area contributed by atoms with Crippen molar-refractivity contribution in [3.05, 3.63) is 101 Å². The Morgan fingerprint density at radius 3 is 2.09 bits per heavy atom. The fraction of sp³-hybridized carbons (Fsp3) is 0.231. The van der Waals surface area contributed by atoms with Gasteiger partial charge in [-0.25, -0.2) is 8.42 Å². The molecule has 0 fully saturated rings. The number of carbonyl (C=O) groups excluding carboxylic acids is 2. The van der Waals surface area contributed by atoms with Crippen molar-refractivity contribution in [3.8, 4) is 0 Å². The zero-order valence-corrected chi connectivity index (χ0v) is 21.2. The molecular weight excluding hydrogens is 486 g/mol. The lowest BCUT2D eigenvalue weighted by Crippen LogP contribution is -2.52. The molecule has 35 heavy (non-hydrogen) atoms. The zero-order valence-electron chi connectivity index (χ0n) is 19.6. The maximum absolute atomic E-state index is 13.7. The molecule has 0 unspecified atom stereocenters. The van der Waals surface area contributed by atoms with Crippen LogP contribution in [0, 0.1) is 0 Å². The van der Waals surface area contributed by atoms with Crippen LogP contribution in [0.4, 0.5) is 5.69 Å². The van der Waals surface area contributed by atoms with Gasteiger partial charge in [-0.15, -0.1) is 0 Å². The number of anilines is 1. The van der Waals surface area contributed by atoms with Crippen LogP contribution in [0.5, 0.6) is 0 Å². The van der Waals surface area contributed by atoms with E-state index in [-0.39, 0.29) is 18.9 Å². The van der Waals surface area contributed by atoms with Crippen molar-refractivity contribution in [3.63, 3.8) is 0 Å². The monoisotopic (exact) mass is 513 g/mol. The smallest absolute Gasteiger partial charge is 0.244 e. The number of benzene rings is 3. The molecule has 1 atom stereocenters. The van der Waals surface area contributed by atoms with Gasteiger partial charge in [0.25, 0.3) is 0 Å². The Hall–Kier alpha value is -3.36. The molecule has 0 radical (unpaired) electrons. The minimum atomic E-state index is -3.77. The molecule has 3 aromatic rings. The molecule has 184 valence electrons. The number of nitrogens with one attached hydrogen (secondary N) is 1. The second-order valence-corrected chi connectivity index (χ2v) is 10.4. The van der Waals surface area contributed by atoms with Gasteiger partial charge in [0.1, 0.15) is 12.6 Å². The van der Waals surface area contributed by atoms with Crippen LogP contribution in [-0.4, -0.2) is 51.0 Å². The van der Waals surface area contributed by atoms with Crippen molar-refractivity contribution < 1.29 is 18.0 Å².